The fourth-order valence-electron chi connectivity index (χ4n) is 4.49. The van der Waals surface area contributed by atoms with Crippen molar-refractivity contribution in [2.45, 2.75) is 44.2 Å². The van der Waals surface area contributed by atoms with Gasteiger partial charge < -0.3 is 14.8 Å². The Balaban J connectivity index is 1.84. The Morgan fingerprint density at radius 2 is 1.86 bits per heavy atom. The van der Waals surface area contributed by atoms with E-state index in [2.05, 4.69) is 5.32 Å². The van der Waals surface area contributed by atoms with Crippen LogP contribution in [0.3, 0.4) is 0 Å². The number of ether oxygens (including phenoxy) is 2. The van der Waals surface area contributed by atoms with Gasteiger partial charge in [0.05, 0.1) is 26.3 Å². The molecule has 6 nitrogen and oxygen atoms in total. The summed E-state index contributed by atoms with van der Waals surface area (Å²) in [5, 5.41) is 4.96. The number of nitrogens with one attached hydrogen (secondary N) is 1. The Morgan fingerprint density at radius 3 is 2.51 bits per heavy atom. The van der Waals surface area contributed by atoms with Crippen LogP contribution in [0.5, 0.6) is 11.5 Å². The summed E-state index contributed by atoms with van der Waals surface area (Å²) in [5.41, 5.74) is 0.491. The van der Waals surface area contributed by atoms with Gasteiger partial charge in [0.25, 0.3) is 0 Å². The Bertz CT molecular complexity index is 1160. The van der Waals surface area contributed by atoms with E-state index in [4.69, 9.17) is 9.47 Å². The zero-order valence-corrected chi connectivity index (χ0v) is 20.6. The van der Waals surface area contributed by atoms with Gasteiger partial charge in [-0.15, -0.1) is 11.3 Å². The first-order valence-electron chi connectivity index (χ1n) is 11.6. The van der Waals surface area contributed by atoms with Crippen molar-refractivity contribution in [3.8, 4) is 11.5 Å². The Labute approximate surface area is 208 Å². The van der Waals surface area contributed by atoms with Crippen LogP contribution in [0.25, 0.3) is 0 Å². The van der Waals surface area contributed by atoms with Crippen LogP contribution in [-0.2, 0) is 16.0 Å². The van der Waals surface area contributed by atoms with E-state index in [1.54, 1.807) is 36.4 Å². The smallest absolute Gasteiger partial charge is 0.248 e. The molecule has 0 spiro atoms. The number of nitrogens with zero attached hydrogens (tertiary/aromatic N) is 1. The number of carbonyl (C=O) groups excluding carboxylic acids is 2. The van der Waals surface area contributed by atoms with E-state index in [-0.39, 0.29) is 23.9 Å². The minimum atomic E-state index is -1.22. The summed E-state index contributed by atoms with van der Waals surface area (Å²) in [7, 11) is 3.02. The highest BCUT2D eigenvalue weighted by atomic mass is 32.1. The molecule has 0 bridgehead atoms. The highest BCUT2D eigenvalue weighted by Crippen LogP contribution is 2.39. The highest BCUT2D eigenvalue weighted by molar-refractivity contribution is 7.10. The molecule has 1 aliphatic rings. The first-order valence-corrected chi connectivity index (χ1v) is 12.5. The van der Waals surface area contributed by atoms with Gasteiger partial charge in [-0.25, -0.2) is 4.39 Å². The number of carbonyl (C=O) groups is 2. The molecule has 2 amide bonds. The third kappa shape index (κ3) is 5.65. The quantitative estimate of drug-likeness (QED) is 0.438. The van der Waals surface area contributed by atoms with Gasteiger partial charge in [-0.05, 0) is 42.5 Å². The maximum absolute atomic E-state index is 15.2. The topological polar surface area (TPSA) is 67.9 Å². The van der Waals surface area contributed by atoms with Gasteiger partial charge >= 0.3 is 0 Å². The molecule has 0 radical (unpaired) electrons. The molecule has 1 N–H and O–H groups in total. The minimum Gasteiger partial charge on any atom is -0.497 e. The zero-order valence-electron chi connectivity index (χ0n) is 19.8. The van der Waals surface area contributed by atoms with E-state index >= 15 is 4.39 Å². The predicted octanol–water partition coefficient (Wildman–Crippen LogP) is 5.28. The van der Waals surface area contributed by atoms with Gasteiger partial charge in [-0.2, -0.15) is 0 Å². The molecular formula is C27H29FN2O4S. The molecule has 4 rings (SSSR count). The molecule has 1 fully saturated rings. The second-order valence-electron chi connectivity index (χ2n) is 8.47. The lowest BCUT2D eigenvalue weighted by Crippen LogP contribution is -2.47. The van der Waals surface area contributed by atoms with E-state index in [0.717, 1.165) is 30.6 Å². The van der Waals surface area contributed by atoms with Crippen molar-refractivity contribution < 1.29 is 23.5 Å². The van der Waals surface area contributed by atoms with E-state index < -0.39 is 17.8 Å². The first-order chi connectivity index (χ1) is 17.0. The lowest BCUT2D eigenvalue weighted by Gasteiger charge is -2.33. The average molecular weight is 497 g/mol. The molecule has 8 heteroatoms. The fraction of sp³-hybridized carbons (Fsp3) is 0.333. The van der Waals surface area contributed by atoms with Crippen LogP contribution in [0.2, 0.25) is 0 Å². The molecular weight excluding hydrogens is 467 g/mol. The number of halogens is 1. The van der Waals surface area contributed by atoms with Crippen molar-refractivity contribution in [1.29, 1.82) is 0 Å². The number of hydrogen-bond donors (Lipinski definition) is 1. The number of amides is 2. The SMILES string of the molecule is COc1ccc(N(C(=O)Cc2cccs2)C(C(=O)NC2CCCC2)c2ccccc2F)c(OC)c1. The van der Waals surface area contributed by atoms with Crippen molar-refractivity contribution in [3.63, 3.8) is 0 Å². The van der Waals surface area contributed by atoms with Crippen molar-refractivity contribution in [2.24, 2.45) is 0 Å². The summed E-state index contributed by atoms with van der Waals surface area (Å²) in [6.45, 7) is 0. The van der Waals surface area contributed by atoms with Crippen LogP contribution < -0.4 is 19.7 Å². The van der Waals surface area contributed by atoms with E-state index in [0.29, 0.717) is 17.2 Å². The van der Waals surface area contributed by atoms with Crippen LogP contribution in [0.15, 0.2) is 60.0 Å². The standard InChI is InChI=1S/C27H29FN2O4S/c1-33-19-13-14-23(24(16-19)34-2)30(25(31)17-20-10-7-15-35-20)26(21-11-5-6-12-22(21)28)27(32)29-18-8-3-4-9-18/h5-7,10-16,18,26H,3-4,8-9,17H2,1-2H3,(H,29,32). The van der Waals surface area contributed by atoms with Crippen molar-refractivity contribution >= 4 is 28.8 Å². The molecule has 1 saturated carbocycles. The van der Waals surface area contributed by atoms with Crippen molar-refractivity contribution in [3.05, 3.63) is 76.2 Å². The monoisotopic (exact) mass is 496 g/mol. The summed E-state index contributed by atoms with van der Waals surface area (Å²) >= 11 is 1.45. The van der Waals surface area contributed by atoms with Gasteiger partial charge in [0.1, 0.15) is 23.4 Å². The van der Waals surface area contributed by atoms with Gasteiger partial charge in [0.15, 0.2) is 0 Å². The van der Waals surface area contributed by atoms with Crippen LogP contribution in [0, 0.1) is 5.82 Å². The van der Waals surface area contributed by atoms with Crippen molar-refractivity contribution in [2.75, 3.05) is 19.1 Å². The molecule has 3 aromatic rings. The molecule has 0 aliphatic heterocycles. The average Bonchev–Trinajstić information content (AvgIpc) is 3.57. The van der Waals surface area contributed by atoms with E-state index in [9.17, 15) is 9.59 Å². The molecule has 1 atom stereocenters. The molecule has 35 heavy (non-hydrogen) atoms. The van der Waals surface area contributed by atoms with Crippen LogP contribution >= 0.6 is 11.3 Å². The number of methoxy groups -OCH3 is 2. The maximum Gasteiger partial charge on any atom is 0.248 e. The zero-order chi connectivity index (χ0) is 24.8. The molecule has 1 aromatic heterocycles. The van der Waals surface area contributed by atoms with Crippen LogP contribution in [0.4, 0.5) is 10.1 Å². The number of hydrogen-bond acceptors (Lipinski definition) is 5. The highest BCUT2D eigenvalue weighted by Gasteiger charge is 2.37. The molecule has 1 aliphatic carbocycles. The summed E-state index contributed by atoms with van der Waals surface area (Å²) in [5.74, 6) is -0.432. The lowest BCUT2D eigenvalue weighted by molar-refractivity contribution is -0.127. The predicted molar refractivity (Wildman–Crippen MR) is 135 cm³/mol. The maximum atomic E-state index is 15.2. The number of benzene rings is 2. The van der Waals surface area contributed by atoms with E-state index in [1.807, 2.05) is 17.5 Å². The largest absolute Gasteiger partial charge is 0.497 e. The van der Waals surface area contributed by atoms with Gasteiger partial charge in [-0.1, -0.05) is 37.1 Å². The Hall–Kier alpha value is -3.39. The molecule has 1 unspecified atom stereocenters. The van der Waals surface area contributed by atoms with Crippen LogP contribution in [0.1, 0.15) is 42.2 Å². The van der Waals surface area contributed by atoms with Gasteiger partial charge in [-0.3, -0.25) is 14.5 Å². The fourth-order valence-corrected chi connectivity index (χ4v) is 5.19. The van der Waals surface area contributed by atoms with Crippen LogP contribution in [-0.4, -0.2) is 32.1 Å². The number of anilines is 1. The molecule has 2 aromatic carbocycles. The van der Waals surface area contributed by atoms with Gasteiger partial charge in [0.2, 0.25) is 11.8 Å². The Kier molecular flexibility index (Phi) is 8.02. The summed E-state index contributed by atoms with van der Waals surface area (Å²) in [6, 6.07) is 13.6. The number of rotatable bonds is 9. The summed E-state index contributed by atoms with van der Waals surface area (Å²) in [6.07, 6.45) is 3.86. The summed E-state index contributed by atoms with van der Waals surface area (Å²) in [4.78, 5) is 29.8. The second kappa shape index (κ2) is 11.4. The van der Waals surface area contributed by atoms with Gasteiger partial charge in [0, 0.05) is 22.5 Å². The van der Waals surface area contributed by atoms with E-state index in [1.165, 1.54) is 36.5 Å². The van der Waals surface area contributed by atoms with Crippen molar-refractivity contribution in [1.82, 2.24) is 5.32 Å². The molecule has 1 heterocycles. The molecule has 184 valence electrons. The normalized spacial score (nSPS) is 14.4. The first kappa shape index (κ1) is 24.7. The number of thiophene rings is 1. The third-order valence-electron chi connectivity index (χ3n) is 6.23. The summed E-state index contributed by atoms with van der Waals surface area (Å²) < 4.78 is 26.1. The third-order valence-corrected chi connectivity index (χ3v) is 7.10. The lowest BCUT2D eigenvalue weighted by atomic mass is 10.0. The second-order valence-corrected chi connectivity index (χ2v) is 9.50. The molecule has 0 saturated heterocycles. The Morgan fingerprint density at radius 1 is 1.09 bits per heavy atom. The minimum absolute atomic E-state index is 0.00350.